The molecule has 0 unspecified atom stereocenters. The highest BCUT2D eigenvalue weighted by atomic mass is 16.2. The van der Waals surface area contributed by atoms with Gasteiger partial charge in [0, 0.05) is 31.5 Å². The first-order chi connectivity index (χ1) is 12.5. The van der Waals surface area contributed by atoms with E-state index in [-0.39, 0.29) is 12.5 Å². The van der Waals surface area contributed by atoms with Crippen molar-refractivity contribution in [3.63, 3.8) is 0 Å². The monoisotopic (exact) mass is 352 g/mol. The topological polar surface area (TPSA) is 101 Å². The van der Waals surface area contributed by atoms with E-state index in [0.717, 1.165) is 11.5 Å². The third-order valence-corrected chi connectivity index (χ3v) is 3.50. The second-order valence-corrected chi connectivity index (χ2v) is 5.90. The Hall–Kier alpha value is -3.49. The Balaban J connectivity index is 1.63. The lowest BCUT2D eigenvalue weighted by Gasteiger charge is -2.14. The third-order valence-electron chi connectivity index (χ3n) is 3.50. The van der Waals surface area contributed by atoms with Crippen molar-refractivity contribution >= 4 is 28.9 Å². The van der Waals surface area contributed by atoms with Crippen LogP contribution in [0, 0.1) is 6.92 Å². The Morgan fingerprint density at radius 3 is 2.54 bits per heavy atom. The van der Waals surface area contributed by atoms with Gasteiger partial charge in [-0.15, -0.1) is 0 Å². The number of carbonyl (C=O) groups excluding carboxylic acids is 1. The van der Waals surface area contributed by atoms with Crippen molar-refractivity contribution in [2.45, 2.75) is 13.5 Å². The molecule has 0 saturated heterocycles. The SMILES string of the molecule is Cc1nc(Nc2ccc(NC(=O)Cn3cncn3)cc2)cc(N(C)C)n1. The van der Waals surface area contributed by atoms with Gasteiger partial charge in [-0.25, -0.2) is 19.6 Å². The van der Waals surface area contributed by atoms with E-state index in [0.29, 0.717) is 17.3 Å². The zero-order chi connectivity index (χ0) is 18.5. The molecule has 2 heterocycles. The summed E-state index contributed by atoms with van der Waals surface area (Å²) in [4.78, 5) is 26.4. The van der Waals surface area contributed by atoms with E-state index in [1.165, 1.54) is 17.3 Å². The molecular formula is C17H20N8O. The zero-order valence-corrected chi connectivity index (χ0v) is 14.8. The number of hydrogen-bond donors (Lipinski definition) is 2. The van der Waals surface area contributed by atoms with E-state index in [9.17, 15) is 4.79 Å². The van der Waals surface area contributed by atoms with Gasteiger partial charge in [0.2, 0.25) is 5.91 Å². The molecule has 9 heteroatoms. The highest BCUT2D eigenvalue weighted by molar-refractivity contribution is 5.90. The molecule has 26 heavy (non-hydrogen) atoms. The summed E-state index contributed by atoms with van der Waals surface area (Å²) < 4.78 is 1.46. The van der Waals surface area contributed by atoms with Gasteiger partial charge in [0.25, 0.3) is 0 Å². The average Bonchev–Trinajstić information content (AvgIpc) is 3.09. The maximum absolute atomic E-state index is 12.0. The van der Waals surface area contributed by atoms with Crippen molar-refractivity contribution in [1.82, 2.24) is 24.7 Å². The number of benzene rings is 1. The Bertz CT molecular complexity index is 874. The van der Waals surface area contributed by atoms with Crippen molar-refractivity contribution in [2.24, 2.45) is 0 Å². The molecule has 0 aliphatic heterocycles. The quantitative estimate of drug-likeness (QED) is 0.698. The lowest BCUT2D eigenvalue weighted by atomic mass is 10.2. The lowest BCUT2D eigenvalue weighted by Crippen LogP contribution is -2.18. The molecule has 0 aliphatic rings. The molecule has 0 saturated carbocycles. The number of nitrogens with one attached hydrogen (secondary N) is 2. The van der Waals surface area contributed by atoms with Gasteiger partial charge in [0.15, 0.2) is 0 Å². The number of hydrogen-bond acceptors (Lipinski definition) is 7. The number of rotatable bonds is 6. The maximum atomic E-state index is 12.0. The van der Waals surface area contributed by atoms with Crippen LogP contribution in [0.1, 0.15) is 5.82 Å². The van der Waals surface area contributed by atoms with E-state index in [2.05, 4.69) is 30.7 Å². The van der Waals surface area contributed by atoms with E-state index >= 15 is 0 Å². The van der Waals surface area contributed by atoms with E-state index < -0.39 is 0 Å². The van der Waals surface area contributed by atoms with Gasteiger partial charge in [0.1, 0.15) is 36.7 Å². The highest BCUT2D eigenvalue weighted by Crippen LogP contribution is 2.20. The van der Waals surface area contributed by atoms with E-state index in [1.807, 2.05) is 56.3 Å². The van der Waals surface area contributed by atoms with E-state index in [1.54, 1.807) is 0 Å². The van der Waals surface area contributed by atoms with Crippen LogP contribution >= 0.6 is 0 Å². The first kappa shape index (κ1) is 17.3. The van der Waals surface area contributed by atoms with Crippen molar-refractivity contribution in [3.8, 4) is 0 Å². The first-order valence-corrected chi connectivity index (χ1v) is 8.02. The van der Waals surface area contributed by atoms with Gasteiger partial charge < -0.3 is 15.5 Å². The predicted octanol–water partition coefficient (Wildman–Crippen LogP) is 1.82. The van der Waals surface area contributed by atoms with Crippen molar-refractivity contribution < 1.29 is 4.79 Å². The molecule has 1 aromatic carbocycles. The maximum Gasteiger partial charge on any atom is 0.246 e. The Morgan fingerprint density at radius 2 is 1.88 bits per heavy atom. The predicted molar refractivity (Wildman–Crippen MR) is 99.5 cm³/mol. The molecule has 0 fully saturated rings. The molecule has 0 bridgehead atoms. The van der Waals surface area contributed by atoms with Gasteiger partial charge in [0.05, 0.1) is 0 Å². The van der Waals surface area contributed by atoms with Crippen molar-refractivity contribution in [1.29, 1.82) is 0 Å². The molecule has 0 aliphatic carbocycles. The van der Waals surface area contributed by atoms with Crippen LogP contribution in [0.25, 0.3) is 0 Å². The number of carbonyl (C=O) groups is 1. The summed E-state index contributed by atoms with van der Waals surface area (Å²) in [5, 5.41) is 9.97. The summed E-state index contributed by atoms with van der Waals surface area (Å²) in [6.07, 6.45) is 2.89. The number of aryl methyl sites for hydroxylation is 1. The standard InChI is InChI=1S/C17H20N8O/c1-12-20-15(8-16(21-12)24(2)3)22-13-4-6-14(7-5-13)23-17(26)9-25-11-18-10-19-25/h4-8,10-11H,9H2,1-3H3,(H,23,26)(H,20,21,22). The number of anilines is 4. The molecule has 0 radical (unpaired) electrons. The van der Waals surface area contributed by atoms with Crippen LogP contribution in [-0.2, 0) is 11.3 Å². The van der Waals surface area contributed by atoms with Crippen LogP contribution in [0.3, 0.4) is 0 Å². The van der Waals surface area contributed by atoms with Gasteiger partial charge in [-0.05, 0) is 31.2 Å². The van der Waals surface area contributed by atoms with Gasteiger partial charge in [-0.2, -0.15) is 5.10 Å². The summed E-state index contributed by atoms with van der Waals surface area (Å²) in [6, 6.07) is 9.27. The molecule has 1 amide bonds. The summed E-state index contributed by atoms with van der Waals surface area (Å²) in [7, 11) is 3.87. The van der Waals surface area contributed by atoms with Crippen LogP contribution < -0.4 is 15.5 Å². The molecule has 134 valence electrons. The number of aromatic nitrogens is 5. The average molecular weight is 352 g/mol. The second-order valence-electron chi connectivity index (χ2n) is 5.90. The van der Waals surface area contributed by atoms with Crippen LogP contribution in [-0.4, -0.2) is 44.7 Å². The Kier molecular flexibility index (Phi) is 5.07. The molecular weight excluding hydrogens is 332 g/mol. The molecule has 2 aromatic heterocycles. The van der Waals surface area contributed by atoms with E-state index in [4.69, 9.17) is 0 Å². The lowest BCUT2D eigenvalue weighted by molar-refractivity contribution is -0.116. The fourth-order valence-corrected chi connectivity index (χ4v) is 2.29. The number of nitrogens with zero attached hydrogens (tertiary/aromatic N) is 6. The fourth-order valence-electron chi connectivity index (χ4n) is 2.29. The summed E-state index contributed by atoms with van der Waals surface area (Å²) >= 11 is 0. The zero-order valence-electron chi connectivity index (χ0n) is 14.8. The molecule has 3 aromatic rings. The largest absolute Gasteiger partial charge is 0.363 e. The van der Waals surface area contributed by atoms with Gasteiger partial charge >= 0.3 is 0 Å². The molecule has 0 atom stereocenters. The van der Waals surface area contributed by atoms with Crippen molar-refractivity contribution in [3.05, 3.63) is 48.8 Å². The fraction of sp³-hybridized carbons (Fsp3) is 0.235. The number of amides is 1. The minimum absolute atomic E-state index is 0.119. The van der Waals surface area contributed by atoms with Crippen LogP contribution in [0.4, 0.5) is 23.0 Å². The minimum Gasteiger partial charge on any atom is -0.363 e. The normalized spacial score (nSPS) is 10.4. The Morgan fingerprint density at radius 1 is 1.15 bits per heavy atom. The third kappa shape index (κ3) is 4.53. The summed E-state index contributed by atoms with van der Waals surface area (Å²) in [5.74, 6) is 2.06. The van der Waals surface area contributed by atoms with Gasteiger partial charge in [-0.1, -0.05) is 0 Å². The smallest absolute Gasteiger partial charge is 0.246 e. The minimum atomic E-state index is -0.168. The van der Waals surface area contributed by atoms with Crippen molar-refractivity contribution in [2.75, 3.05) is 29.6 Å². The van der Waals surface area contributed by atoms with Crippen LogP contribution in [0.15, 0.2) is 43.0 Å². The molecule has 3 rings (SSSR count). The molecule has 2 N–H and O–H groups in total. The molecule has 0 spiro atoms. The molecule has 9 nitrogen and oxygen atoms in total. The summed E-state index contributed by atoms with van der Waals surface area (Å²) in [6.45, 7) is 1.97. The van der Waals surface area contributed by atoms with Crippen LogP contribution in [0.5, 0.6) is 0 Å². The first-order valence-electron chi connectivity index (χ1n) is 8.02. The second kappa shape index (κ2) is 7.60. The highest BCUT2D eigenvalue weighted by Gasteiger charge is 2.06. The Labute approximate surface area is 151 Å². The van der Waals surface area contributed by atoms with Crippen LogP contribution in [0.2, 0.25) is 0 Å². The summed E-state index contributed by atoms with van der Waals surface area (Å²) in [5.41, 5.74) is 1.57. The van der Waals surface area contributed by atoms with Gasteiger partial charge in [-0.3, -0.25) is 4.79 Å².